The van der Waals surface area contributed by atoms with Gasteiger partial charge in [-0.05, 0) is 94.0 Å². The van der Waals surface area contributed by atoms with Gasteiger partial charge in [0, 0.05) is 30.5 Å². The van der Waals surface area contributed by atoms with Crippen LogP contribution in [0.4, 0.5) is 0 Å². The quantitative estimate of drug-likeness (QED) is 0.390. The van der Waals surface area contributed by atoms with Crippen LogP contribution in [0.5, 0.6) is 0 Å². The van der Waals surface area contributed by atoms with Gasteiger partial charge < -0.3 is 19.3 Å². The molecule has 4 aliphatic heterocycles. The van der Waals surface area contributed by atoms with E-state index in [0.29, 0.717) is 39.9 Å². The number of hydrogen-bond acceptors (Lipinski definition) is 6. The first kappa shape index (κ1) is 27.1. The van der Waals surface area contributed by atoms with Gasteiger partial charge in [0.1, 0.15) is 5.76 Å². The Hall–Kier alpha value is -1.79. The van der Waals surface area contributed by atoms with Gasteiger partial charge in [-0.1, -0.05) is 39.0 Å². The summed E-state index contributed by atoms with van der Waals surface area (Å²) in [4.78, 5) is 15.0. The zero-order chi connectivity index (χ0) is 27.6. The van der Waals surface area contributed by atoms with Gasteiger partial charge in [0.15, 0.2) is 11.5 Å². The van der Waals surface area contributed by atoms with Gasteiger partial charge in [0.05, 0.1) is 18.8 Å². The Bertz CT molecular complexity index is 1100. The minimum absolute atomic E-state index is 0.0740. The molecule has 4 heterocycles. The van der Waals surface area contributed by atoms with E-state index in [-0.39, 0.29) is 30.0 Å². The molecule has 7 aliphatic rings. The molecule has 0 amide bonds. The van der Waals surface area contributed by atoms with Gasteiger partial charge in [0.2, 0.25) is 5.76 Å². The molecule has 5 atom stereocenters. The predicted molar refractivity (Wildman–Crippen MR) is 153 cm³/mol. The lowest BCUT2D eigenvalue weighted by Crippen LogP contribution is -2.55. The summed E-state index contributed by atoms with van der Waals surface area (Å²) >= 11 is 0. The minimum Gasteiger partial charge on any atom is -0.492 e. The molecule has 6 nitrogen and oxygen atoms in total. The van der Waals surface area contributed by atoms with Crippen molar-refractivity contribution in [3.63, 3.8) is 0 Å². The number of aliphatic hydroxyl groups is 1. The highest BCUT2D eigenvalue weighted by Crippen LogP contribution is 2.67. The van der Waals surface area contributed by atoms with E-state index in [1.165, 1.54) is 64.2 Å². The fourth-order valence-corrected chi connectivity index (χ4v) is 10.9. The number of hydrogen-bond donors (Lipinski definition) is 1. The molecule has 2 spiro atoms. The van der Waals surface area contributed by atoms with Crippen LogP contribution in [0.3, 0.4) is 0 Å². The Balaban J connectivity index is 1.14. The van der Waals surface area contributed by atoms with Gasteiger partial charge in [-0.3, -0.25) is 4.90 Å². The molecule has 3 saturated carbocycles. The predicted octanol–water partition coefficient (Wildman–Crippen LogP) is 6.75. The first-order chi connectivity index (χ1) is 19.4. The van der Waals surface area contributed by atoms with Crippen LogP contribution in [0.25, 0.3) is 0 Å². The first-order valence-corrected chi connectivity index (χ1v) is 16.4. The second-order valence-electron chi connectivity index (χ2n) is 14.4. The summed E-state index contributed by atoms with van der Waals surface area (Å²) < 4.78 is 17.8. The number of methoxy groups -OCH3 is 1. The van der Waals surface area contributed by atoms with Crippen LogP contribution in [0, 0.1) is 28.6 Å². The molecule has 0 aromatic rings. The van der Waals surface area contributed by atoms with E-state index >= 15 is 0 Å². The fourth-order valence-electron chi connectivity index (χ4n) is 10.9. The van der Waals surface area contributed by atoms with E-state index in [1.807, 2.05) is 0 Å². The van der Waals surface area contributed by atoms with Crippen molar-refractivity contribution >= 4 is 5.97 Å². The largest absolute Gasteiger partial charge is 0.492 e. The van der Waals surface area contributed by atoms with E-state index in [2.05, 4.69) is 17.9 Å². The van der Waals surface area contributed by atoms with Gasteiger partial charge in [0.25, 0.3) is 0 Å². The molecular weight excluding hydrogens is 502 g/mol. The molecule has 2 saturated heterocycles. The van der Waals surface area contributed by atoms with Crippen LogP contribution >= 0.6 is 0 Å². The number of nitrogens with zero attached hydrogens (tertiary/aromatic N) is 1. The van der Waals surface area contributed by atoms with Crippen LogP contribution in [-0.4, -0.2) is 47.8 Å². The van der Waals surface area contributed by atoms with E-state index in [4.69, 9.17) is 14.2 Å². The molecule has 40 heavy (non-hydrogen) atoms. The Labute approximate surface area is 240 Å². The molecule has 0 aromatic carbocycles. The molecule has 220 valence electrons. The molecule has 7 rings (SSSR count). The third-order valence-corrected chi connectivity index (χ3v) is 12.7. The maximum atomic E-state index is 12.4. The SMILES string of the molecule is COC1=C(C)C(=O)OC1=C1OC2=CCCN3[C@@H](CCC[C@H]3[C@@H](O)CC3C4(CCCC4)CCC34CCCC4)[C@H]2[C@@H]1C. The molecule has 6 heteroatoms. The number of aliphatic hydroxyl groups excluding tert-OH is 1. The maximum absolute atomic E-state index is 12.4. The third kappa shape index (κ3) is 4.06. The summed E-state index contributed by atoms with van der Waals surface area (Å²) in [5.41, 5.74) is 1.51. The van der Waals surface area contributed by atoms with E-state index in [9.17, 15) is 9.90 Å². The Morgan fingerprint density at radius 2 is 1.70 bits per heavy atom. The van der Waals surface area contributed by atoms with Crippen LogP contribution in [0.1, 0.15) is 110 Å². The second-order valence-corrected chi connectivity index (χ2v) is 14.4. The van der Waals surface area contributed by atoms with E-state index in [1.54, 1.807) is 14.0 Å². The summed E-state index contributed by atoms with van der Waals surface area (Å²) in [5, 5.41) is 12.1. The van der Waals surface area contributed by atoms with Crippen molar-refractivity contribution in [3.05, 3.63) is 34.7 Å². The molecule has 5 fully saturated rings. The highest BCUT2D eigenvalue weighted by molar-refractivity contribution is 5.93. The van der Waals surface area contributed by atoms with Crippen molar-refractivity contribution in [1.29, 1.82) is 0 Å². The van der Waals surface area contributed by atoms with E-state index in [0.717, 1.165) is 50.2 Å². The normalized spacial score (nSPS) is 37.9. The number of cyclic esters (lactones) is 1. The molecule has 0 radical (unpaired) electrons. The molecular formula is C34H49NO5. The topological polar surface area (TPSA) is 68.2 Å². The Morgan fingerprint density at radius 1 is 1.02 bits per heavy atom. The highest BCUT2D eigenvalue weighted by atomic mass is 16.6. The number of rotatable bonds is 4. The number of carbonyl (C=O) groups excluding carboxylic acids is 1. The number of fused-ring (bicyclic) bond motifs is 3. The minimum atomic E-state index is -0.356. The lowest BCUT2D eigenvalue weighted by Gasteiger charge is -2.48. The standard InChI is InChI=1S/C34H49NO5/c1-21-28-24-11-8-10-23(25(36)20-27-33(13-4-5-14-33)17-18-34(27)15-6-7-16-34)35(24)19-9-12-26(28)39-30(21)31-29(38-3)22(2)32(37)40-31/h12,21,23-25,27-28,36H,4-11,13-20H2,1-3H3/t21-,23-,24-,25-,28+/m0/s1. The summed E-state index contributed by atoms with van der Waals surface area (Å²) in [7, 11) is 1.59. The third-order valence-electron chi connectivity index (χ3n) is 12.7. The van der Waals surface area contributed by atoms with Crippen molar-refractivity contribution in [3.8, 4) is 0 Å². The highest BCUT2D eigenvalue weighted by Gasteiger charge is 2.58. The van der Waals surface area contributed by atoms with Gasteiger partial charge in [-0.15, -0.1) is 0 Å². The number of piperidine rings is 1. The zero-order valence-corrected chi connectivity index (χ0v) is 24.9. The molecule has 0 bridgehead atoms. The summed E-state index contributed by atoms with van der Waals surface area (Å²) in [6, 6.07) is 0.543. The van der Waals surface area contributed by atoms with Crippen molar-refractivity contribution in [2.24, 2.45) is 28.6 Å². The summed E-state index contributed by atoms with van der Waals surface area (Å²) in [6.45, 7) is 4.93. The second kappa shape index (κ2) is 10.2. The zero-order valence-electron chi connectivity index (χ0n) is 24.9. The van der Waals surface area contributed by atoms with Gasteiger partial charge in [-0.2, -0.15) is 0 Å². The maximum Gasteiger partial charge on any atom is 0.343 e. The molecule has 3 aliphatic carbocycles. The lowest BCUT2D eigenvalue weighted by atomic mass is 9.64. The molecule has 1 N–H and O–H groups in total. The van der Waals surface area contributed by atoms with E-state index < -0.39 is 0 Å². The number of esters is 1. The number of ether oxygens (including phenoxy) is 3. The van der Waals surface area contributed by atoms with Crippen molar-refractivity contribution in [2.75, 3.05) is 13.7 Å². The van der Waals surface area contributed by atoms with Gasteiger partial charge >= 0.3 is 5.97 Å². The smallest absolute Gasteiger partial charge is 0.343 e. The Kier molecular flexibility index (Phi) is 6.89. The number of carbonyl (C=O) groups is 1. The van der Waals surface area contributed by atoms with Crippen molar-refractivity contribution in [2.45, 2.75) is 128 Å². The lowest BCUT2D eigenvalue weighted by molar-refractivity contribution is -0.133. The summed E-state index contributed by atoms with van der Waals surface area (Å²) in [5.74, 6) is 3.30. The average molecular weight is 552 g/mol. The molecule has 0 unspecified atom stereocenters. The monoisotopic (exact) mass is 551 g/mol. The first-order valence-electron chi connectivity index (χ1n) is 16.4. The fraction of sp³-hybridized carbons (Fsp3) is 0.794. The Morgan fingerprint density at radius 3 is 2.35 bits per heavy atom. The average Bonchev–Trinajstić information content (AvgIpc) is 3.76. The van der Waals surface area contributed by atoms with Crippen molar-refractivity contribution in [1.82, 2.24) is 4.90 Å². The van der Waals surface area contributed by atoms with Crippen LogP contribution in [0.2, 0.25) is 0 Å². The number of allylic oxidation sites excluding steroid dienone is 1. The van der Waals surface area contributed by atoms with Crippen LogP contribution in [0.15, 0.2) is 34.7 Å². The van der Waals surface area contributed by atoms with Crippen molar-refractivity contribution < 1.29 is 24.1 Å². The molecule has 0 aromatic heterocycles. The van der Waals surface area contributed by atoms with Gasteiger partial charge in [-0.25, -0.2) is 4.79 Å². The van der Waals surface area contributed by atoms with Crippen LogP contribution in [-0.2, 0) is 19.0 Å². The summed E-state index contributed by atoms with van der Waals surface area (Å²) in [6.07, 6.45) is 21.2. The van der Waals surface area contributed by atoms with Crippen LogP contribution < -0.4 is 0 Å².